The topological polar surface area (TPSA) is 118 Å². The van der Waals surface area contributed by atoms with Gasteiger partial charge < -0.3 is 28.8 Å². The third-order valence-corrected chi connectivity index (χ3v) is 5.38. The molecule has 0 aliphatic rings. The molecule has 0 fully saturated rings. The number of aliphatic hydroxyl groups excluding tert-OH is 1. The molecule has 0 bridgehead atoms. The van der Waals surface area contributed by atoms with E-state index in [1.54, 1.807) is 36.4 Å². The van der Waals surface area contributed by atoms with E-state index >= 15 is 0 Å². The lowest BCUT2D eigenvalue weighted by atomic mass is 10.1. The predicted molar refractivity (Wildman–Crippen MR) is 147 cm³/mol. The second-order valence-corrected chi connectivity index (χ2v) is 8.28. The molecule has 9 heteroatoms. The maximum atomic E-state index is 12.5. The molecule has 40 heavy (non-hydrogen) atoms. The first-order valence-corrected chi connectivity index (χ1v) is 12.4. The Hall–Kier alpha value is -4.89. The van der Waals surface area contributed by atoms with Gasteiger partial charge in [0.2, 0.25) is 0 Å². The van der Waals surface area contributed by atoms with Gasteiger partial charge in [0.25, 0.3) is 0 Å². The lowest BCUT2D eigenvalue weighted by Crippen LogP contribution is -2.12. The molecule has 0 aromatic heterocycles. The number of carbonyl (C=O) groups excluding carboxylic acids is 3. The molecular formula is C31H30O9. The summed E-state index contributed by atoms with van der Waals surface area (Å²) in [7, 11) is 0. The van der Waals surface area contributed by atoms with Gasteiger partial charge in [-0.1, -0.05) is 37.4 Å². The summed E-state index contributed by atoms with van der Waals surface area (Å²) in [6.07, 6.45) is 1.58. The van der Waals surface area contributed by atoms with Gasteiger partial charge in [0.05, 0.1) is 31.0 Å². The highest BCUT2D eigenvalue weighted by molar-refractivity contribution is 5.91. The molecule has 0 saturated carbocycles. The maximum absolute atomic E-state index is 12.5. The molecule has 0 aliphatic carbocycles. The summed E-state index contributed by atoms with van der Waals surface area (Å²) in [5.74, 6) is -0.0345. The van der Waals surface area contributed by atoms with Crippen molar-refractivity contribution >= 4 is 17.9 Å². The van der Waals surface area contributed by atoms with Crippen LogP contribution >= 0.6 is 0 Å². The molecule has 3 rings (SSSR count). The number of aliphatic hydroxyl groups is 1. The SMILES string of the molecule is C=CC(=O)OCCOc1ccc(C(=O)Oc2ccc(-c3ccc(OCCCOC(=O)C(=C)CO)cc3)cc2)cc1. The van der Waals surface area contributed by atoms with Crippen molar-refractivity contribution in [3.63, 3.8) is 0 Å². The van der Waals surface area contributed by atoms with Gasteiger partial charge in [-0.3, -0.25) is 0 Å². The average Bonchev–Trinajstić information content (AvgIpc) is 2.99. The fraction of sp³-hybridized carbons (Fsp3) is 0.194. The minimum Gasteiger partial charge on any atom is -0.493 e. The summed E-state index contributed by atoms with van der Waals surface area (Å²) < 4.78 is 26.4. The van der Waals surface area contributed by atoms with Crippen LogP contribution in [0.3, 0.4) is 0 Å². The van der Waals surface area contributed by atoms with Gasteiger partial charge in [-0.05, 0) is 59.7 Å². The molecule has 3 aromatic rings. The molecule has 0 radical (unpaired) electrons. The van der Waals surface area contributed by atoms with Gasteiger partial charge in [0, 0.05) is 12.5 Å². The van der Waals surface area contributed by atoms with Crippen molar-refractivity contribution in [3.05, 3.63) is 103 Å². The highest BCUT2D eigenvalue weighted by atomic mass is 16.6. The van der Waals surface area contributed by atoms with Crippen molar-refractivity contribution in [1.29, 1.82) is 0 Å². The zero-order chi connectivity index (χ0) is 28.7. The van der Waals surface area contributed by atoms with Crippen LogP contribution in [0.2, 0.25) is 0 Å². The molecule has 0 aliphatic heterocycles. The van der Waals surface area contributed by atoms with Crippen LogP contribution in [0, 0.1) is 0 Å². The lowest BCUT2D eigenvalue weighted by Gasteiger charge is -2.09. The van der Waals surface area contributed by atoms with E-state index in [1.165, 1.54) is 0 Å². The summed E-state index contributed by atoms with van der Waals surface area (Å²) in [4.78, 5) is 34.9. The van der Waals surface area contributed by atoms with Crippen LogP contribution < -0.4 is 14.2 Å². The standard InChI is InChI=1S/C31H30O9/c1-3-29(33)38-20-19-37-27-13-9-25(10-14-27)31(35)40-28-15-7-24(8-16-28)23-5-11-26(12-6-23)36-17-4-18-39-30(34)22(2)21-32/h3,5-16,32H,1-2,4,17-21H2. The zero-order valence-corrected chi connectivity index (χ0v) is 21.9. The third-order valence-electron chi connectivity index (χ3n) is 5.38. The maximum Gasteiger partial charge on any atom is 0.343 e. The molecule has 0 atom stereocenters. The van der Waals surface area contributed by atoms with Crippen molar-refractivity contribution in [2.24, 2.45) is 0 Å². The molecular weight excluding hydrogens is 516 g/mol. The highest BCUT2D eigenvalue weighted by Gasteiger charge is 2.10. The summed E-state index contributed by atoms with van der Waals surface area (Å²) in [5.41, 5.74) is 2.26. The molecule has 9 nitrogen and oxygen atoms in total. The quantitative estimate of drug-likeness (QED) is 0.127. The second-order valence-electron chi connectivity index (χ2n) is 8.28. The number of carbonyl (C=O) groups is 3. The smallest absolute Gasteiger partial charge is 0.343 e. The number of rotatable bonds is 15. The van der Waals surface area contributed by atoms with Crippen molar-refractivity contribution in [2.75, 3.05) is 33.0 Å². The Bertz CT molecular complexity index is 1290. The Morgan fingerprint density at radius 1 is 0.700 bits per heavy atom. The minimum atomic E-state index is -0.615. The van der Waals surface area contributed by atoms with Crippen LogP contribution in [0.15, 0.2) is 97.6 Å². The average molecular weight is 547 g/mol. The Labute approximate surface area is 232 Å². The molecule has 0 saturated heterocycles. The van der Waals surface area contributed by atoms with E-state index < -0.39 is 24.5 Å². The van der Waals surface area contributed by atoms with Gasteiger partial charge in [-0.15, -0.1) is 0 Å². The molecule has 208 valence electrons. The van der Waals surface area contributed by atoms with Crippen LogP contribution in [0.25, 0.3) is 11.1 Å². The number of hydrogen-bond acceptors (Lipinski definition) is 9. The molecule has 0 amide bonds. The number of hydrogen-bond donors (Lipinski definition) is 1. The van der Waals surface area contributed by atoms with E-state index in [0.29, 0.717) is 35.8 Å². The lowest BCUT2D eigenvalue weighted by molar-refractivity contribution is -0.140. The van der Waals surface area contributed by atoms with E-state index in [4.69, 9.17) is 28.8 Å². The fourth-order valence-electron chi connectivity index (χ4n) is 3.25. The fourth-order valence-corrected chi connectivity index (χ4v) is 3.25. The largest absolute Gasteiger partial charge is 0.493 e. The number of ether oxygens (including phenoxy) is 5. The van der Waals surface area contributed by atoms with E-state index in [9.17, 15) is 14.4 Å². The van der Waals surface area contributed by atoms with E-state index in [2.05, 4.69) is 13.2 Å². The van der Waals surface area contributed by atoms with Crippen LogP contribution in [0.4, 0.5) is 0 Å². The van der Waals surface area contributed by atoms with Crippen LogP contribution in [-0.4, -0.2) is 56.0 Å². The van der Waals surface area contributed by atoms with Gasteiger partial charge in [-0.2, -0.15) is 0 Å². The molecule has 3 aromatic carbocycles. The van der Waals surface area contributed by atoms with Gasteiger partial charge in [0.15, 0.2) is 0 Å². The second kappa shape index (κ2) is 15.5. The summed E-state index contributed by atoms with van der Waals surface area (Å²) >= 11 is 0. The first-order valence-electron chi connectivity index (χ1n) is 12.4. The van der Waals surface area contributed by atoms with E-state index in [-0.39, 0.29) is 25.4 Å². The number of benzene rings is 3. The molecule has 0 heterocycles. The Kier molecular flexibility index (Phi) is 11.5. The molecule has 0 unspecified atom stereocenters. The zero-order valence-electron chi connectivity index (χ0n) is 21.9. The third kappa shape index (κ3) is 9.45. The van der Waals surface area contributed by atoms with E-state index in [1.807, 2.05) is 36.4 Å². The number of esters is 3. The van der Waals surface area contributed by atoms with Crippen molar-refractivity contribution < 1.29 is 43.2 Å². The van der Waals surface area contributed by atoms with Gasteiger partial charge in [0.1, 0.15) is 30.5 Å². The van der Waals surface area contributed by atoms with Gasteiger partial charge >= 0.3 is 17.9 Å². The van der Waals surface area contributed by atoms with Crippen molar-refractivity contribution in [2.45, 2.75) is 6.42 Å². The summed E-state index contributed by atoms with van der Waals surface area (Å²) in [6.45, 7) is 7.09. The van der Waals surface area contributed by atoms with Crippen molar-refractivity contribution in [3.8, 4) is 28.4 Å². The van der Waals surface area contributed by atoms with Crippen LogP contribution in [0.5, 0.6) is 17.2 Å². The summed E-state index contributed by atoms with van der Waals surface area (Å²) in [6, 6.07) is 21.1. The van der Waals surface area contributed by atoms with Gasteiger partial charge in [-0.25, -0.2) is 14.4 Å². The minimum absolute atomic E-state index is 0.0166. The highest BCUT2D eigenvalue weighted by Crippen LogP contribution is 2.25. The normalized spacial score (nSPS) is 10.2. The van der Waals surface area contributed by atoms with E-state index in [0.717, 1.165) is 17.2 Å². The van der Waals surface area contributed by atoms with Crippen LogP contribution in [-0.2, 0) is 19.1 Å². The Morgan fingerprint density at radius 3 is 1.82 bits per heavy atom. The van der Waals surface area contributed by atoms with Crippen LogP contribution in [0.1, 0.15) is 16.8 Å². The first-order chi connectivity index (χ1) is 19.4. The molecule has 1 N–H and O–H groups in total. The predicted octanol–water partition coefficient (Wildman–Crippen LogP) is 4.54. The monoisotopic (exact) mass is 546 g/mol. The first kappa shape index (κ1) is 29.7. The molecule has 0 spiro atoms. The Morgan fingerprint density at radius 2 is 1.25 bits per heavy atom. The Balaban J connectivity index is 1.43. The van der Waals surface area contributed by atoms with Crippen molar-refractivity contribution in [1.82, 2.24) is 0 Å². The summed E-state index contributed by atoms with van der Waals surface area (Å²) in [5, 5.41) is 8.84.